The van der Waals surface area contributed by atoms with E-state index in [-0.39, 0.29) is 36.8 Å². The van der Waals surface area contributed by atoms with E-state index in [4.69, 9.17) is 4.74 Å². The van der Waals surface area contributed by atoms with Crippen LogP contribution in [0.2, 0.25) is 0 Å². The van der Waals surface area contributed by atoms with Crippen molar-refractivity contribution in [1.29, 1.82) is 0 Å². The Morgan fingerprint density at radius 3 is 2.51 bits per heavy atom. The Bertz CT molecular complexity index is 1150. The van der Waals surface area contributed by atoms with E-state index >= 15 is 0 Å². The molecule has 3 saturated heterocycles. The van der Waals surface area contributed by atoms with E-state index in [1.54, 1.807) is 33.9 Å². The number of likely N-dealkylation sites (tertiary alicyclic amines) is 1. The normalized spacial score (nSPS) is 28.0. The third kappa shape index (κ3) is 4.82. The van der Waals surface area contributed by atoms with Crippen molar-refractivity contribution in [3.63, 3.8) is 0 Å². The zero-order valence-electron chi connectivity index (χ0n) is 23.9. The molecular weight excluding hydrogens is 494 g/mol. The van der Waals surface area contributed by atoms with Gasteiger partial charge in [-0.05, 0) is 56.2 Å². The largest absolute Gasteiger partial charge is 0.394 e. The Morgan fingerprint density at radius 1 is 1.21 bits per heavy atom. The molecule has 3 amide bonds. The number of hydrogen-bond donors (Lipinski definition) is 1. The summed E-state index contributed by atoms with van der Waals surface area (Å²) < 4.78 is 6.61. The molecule has 0 saturated carbocycles. The molecule has 2 bridgehead atoms. The number of rotatable bonds is 11. The van der Waals surface area contributed by atoms with Crippen LogP contribution in [0.3, 0.4) is 0 Å². The summed E-state index contributed by atoms with van der Waals surface area (Å²) in [6.45, 7) is 15.9. The zero-order chi connectivity index (χ0) is 28.6. The summed E-state index contributed by atoms with van der Waals surface area (Å²) in [4.78, 5) is 47.5. The van der Waals surface area contributed by atoms with Crippen molar-refractivity contribution in [3.8, 4) is 0 Å². The molecule has 3 heterocycles. The van der Waals surface area contributed by atoms with Gasteiger partial charge >= 0.3 is 0 Å². The zero-order valence-corrected chi connectivity index (χ0v) is 23.9. The molecule has 8 heteroatoms. The lowest BCUT2D eigenvalue weighted by Crippen LogP contribution is -2.59. The molecule has 3 aliphatic rings. The summed E-state index contributed by atoms with van der Waals surface area (Å²) in [5.41, 5.74) is 1.56. The maximum absolute atomic E-state index is 14.7. The highest BCUT2D eigenvalue weighted by Crippen LogP contribution is 2.59. The monoisotopic (exact) mass is 537 g/mol. The second-order valence-corrected chi connectivity index (χ2v) is 11.8. The number of carbonyl (C=O) groups is 3. The molecule has 4 rings (SSSR count). The minimum absolute atomic E-state index is 0.172. The fourth-order valence-corrected chi connectivity index (χ4v) is 7.00. The number of amides is 3. The fraction of sp³-hybridized carbons (Fsp3) is 0.581. The minimum atomic E-state index is -1.13. The van der Waals surface area contributed by atoms with Crippen LogP contribution in [0.5, 0.6) is 0 Å². The van der Waals surface area contributed by atoms with E-state index < -0.39 is 35.6 Å². The number of hydrogen-bond acceptors (Lipinski definition) is 5. The van der Waals surface area contributed by atoms with Crippen LogP contribution in [0.15, 0.2) is 43.5 Å². The number of fused-ring (bicyclic) bond motifs is 1. The summed E-state index contributed by atoms with van der Waals surface area (Å²) in [5, 5.41) is 10.5. The summed E-state index contributed by atoms with van der Waals surface area (Å²) >= 11 is 0. The highest BCUT2D eigenvalue weighted by atomic mass is 16.5. The summed E-state index contributed by atoms with van der Waals surface area (Å²) in [6, 6.07) is 4.41. The summed E-state index contributed by atoms with van der Waals surface area (Å²) in [6.07, 6.45) is 4.53. The Labute approximate surface area is 232 Å². The van der Waals surface area contributed by atoms with E-state index in [9.17, 15) is 19.5 Å². The minimum Gasteiger partial charge on any atom is -0.394 e. The maximum Gasteiger partial charge on any atom is 0.253 e. The third-order valence-corrected chi connectivity index (χ3v) is 8.62. The van der Waals surface area contributed by atoms with Crippen LogP contribution in [0.4, 0.5) is 5.69 Å². The Hall–Kier alpha value is -2.97. The van der Waals surface area contributed by atoms with Gasteiger partial charge in [-0.15, -0.1) is 13.2 Å². The fourth-order valence-electron chi connectivity index (χ4n) is 7.00. The Kier molecular flexibility index (Phi) is 8.38. The van der Waals surface area contributed by atoms with Gasteiger partial charge in [-0.3, -0.25) is 14.4 Å². The number of nitrogens with zero attached hydrogens (tertiary/aromatic N) is 3. The van der Waals surface area contributed by atoms with Crippen LogP contribution in [-0.2, 0) is 19.1 Å². The van der Waals surface area contributed by atoms with Crippen molar-refractivity contribution in [2.24, 2.45) is 17.8 Å². The first-order chi connectivity index (χ1) is 18.5. The molecule has 6 atom stereocenters. The van der Waals surface area contributed by atoms with Crippen molar-refractivity contribution in [3.05, 3.63) is 54.6 Å². The van der Waals surface area contributed by atoms with Gasteiger partial charge in [0, 0.05) is 25.8 Å². The molecule has 39 heavy (non-hydrogen) atoms. The molecule has 0 aromatic heterocycles. The number of aliphatic hydroxyl groups excluding tert-OH is 1. The first-order valence-electron chi connectivity index (χ1n) is 14.0. The molecule has 0 radical (unpaired) electrons. The molecule has 212 valence electrons. The second kappa shape index (κ2) is 11.3. The van der Waals surface area contributed by atoms with Crippen molar-refractivity contribution < 1.29 is 24.2 Å². The molecule has 1 aromatic rings. The van der Waals surface area contributed by atoms with E-state index in [1.165, 1.54) is 0 Å². The first-order valence-corrected chi connectivity index (χ1v) is 14.0. The molecule has 2 unspecified atom stereocenters. The predicted octanol–water partition coefficient (Wildman–Crippen LogP) is 3.25. The number of aryl methyl sites for hydroxylation is 2. The van der Waals surface area contributed by atoms with E-state index in [2.05, 4.69) is 13.2 Å². The number of likely N-dealkylation sites (N-methyl/N-ethyl adjacent to an activating group) is 1. The number of carbonyl (C=O) groups excluding carboxylic acids is 3. The third-order valence-electron chi connectivity index (χ3n) is 8.62. The number of aliphatic hydroxyl groups is 1. The van der Waals surface area contributed by atoms with Gasteiger partial charge in [0.2, 0.25) is 11.8 Å². The molecule has 1 N–H and O–H groups in total. The van der Waals surface area contributed by atoms with Crippen LogP contribution in [0.1, 0.15) is 44.2 Å². The number of ether oxygens (including phenoxy) is 1. The SMILES string of the molecule is C=CCN(C)C(=O)[C@@H]1[C@H]2C(=O)N([C@@H](CO)CC(C)C)C(C(=O)N(CC=C)c3cc(C)ccc3C)C23CC[C@H]1O3. The highest BCUT2D eigenvalue weighted by molar-refractivity contribution is 6.05. The lowest BCUT2D eigenvalue weighted by atomic mass is 9.70. The van der Waals surface area contributed by atoms with E-state index in [0.717, 1.165) is 16.8 Å². The van der Waals surface area contributed by atoms with Crippen molar-refractivity contribution in [1.82, 2.24) is 9.80 Å². The lowest BCUT2D eigenvalue weighted by Gasteiger charge is -2.40. The smallest absolute Gasteiger partial charge is 0.253 e. The van der Waals surface area contributed by atoms with Gasteiger partial charge in [-0.2, -0.15) is 0 Å². The summed E-state index contributed by atoms with van der Waals surface area (Å²) in [5.74, 6) is -2.00. The average molecular weight is 538 g/mol. The van der Waals surface area contributed by atoms with Gasteiger partial charge < -0.3 is 24.5 Å². The number of anilines is 1. The molecule has 3 aliphatic heterocycles. The van der Waals surface area contributed by atoms with E-state index in [0.29, 0.717) is 25.8 Å². The molecular formula is C31H43N3O5. The van der Waals surface area contributed by atoms with Gasteiger partial charge in [0.15, 0.2) is 0 Å². The van der Waals surface area contributed by atoms with Crippen LogP contribution in [0, 0.1) is 31.6 Å². The second-order valence-electron chi connectivity index (χ2n) is 11.8. The molecule has 3 fully saturated rings. The Morgan fingerprint density at radius 2 is 1.90 bits per heavy atom. The van der Waals surface area contributed by atoms with Crippen molar-refractivity contribution in [2.75, 3.05) is 31.6 Å². The molecule has 0 aliphatic carbocycles. The van der Waals surface area contributed by atoms with Crippen LogP contribution in [0.25, 0.3) is 0 Å². The molecule has 8 nitrogen and oxygen atoms in total. The topological polar surface area (TPSA) is 90.4 Å². The quantitative estimate of drug-likeness (QED) is 0.438. The first kappa shape index (κ1) is 29.0. The van der Waals surface area contributed by atoms with E-state index in [1.807, 2.05) is 45.9 Å². The van der Waals surface area contributed by atoms with Gasteiger partial charge in [-0.25, -0.2) is 0 Å². The Balaban J connectivity index is 1.85. The average Bonchev–Trinajstić information content (AvgIpc) is 3.54. The lowest BCUT2D eigenvalue weighted by molar-refractivity contribution is -0.147. The summed E-state index contributed by atoms with van der Waals surface area (Å²) in [7, 11) is 1.70. The maximum atomic E-state index is 14.7. The van der Waals surface area contributed by atoms with Crippen LogP contribution in [-0.4, -0.2) is 83.2 Å². The van der Waals surface area contributed by atoms with Gasteiger partial charge in [0.05, 0.1) is 30.6 Å². The number of benzene rings is 1. The van der Waals surface area contributed by atoms with Crippen LogP contribution >= 0.6 is 0 Å². The van der Waals surface area contributed by atoms with Crippen molar-refractivity contribution >= 4 is 23.4 Å². The highest BCUT2D eigenvalue weighted by Gasteiger charge is 2.75. The van der Waals surface area contributed by atoms with Crippen molar-refractivity contribution in [2.45, 2.75) is 70.7 Å². The van der Waals surface area contributed by atoms with Crippen LogP contribution < -0.4 is 4.90 Å². The molecule has 1 aromatic carbocycles. The van der Waals surface area contributed by atoms with Gasteiger partial charge in [0.1, 0.15) is 11.6 Å². The predicted molar refractivity (Wildman–Crippen MR) is 151 cm³/mol. The standard InChI is InChI=1S/C31H43N3O5/c1-8-14-32(7)28(36)25-24-12-13-31(39-24)26(25)29(37)34(22(18-35)16-19(3)4)27(31)30(38)33(15-9-2)23-17-20(5)10-11-21(23)6/h8-11,17,19,22,24-27,35H,1-2,12-16,18H2,3-7H3/t22-,24-,25+,26+,27?,31?/m1/s1. The van der Waals surface area contributed by atoms with Gasteiger partial charge in [0.25, 0.3) is 5.91 Å². The van der Waals surface area contributed by atoms with Gasteiger partial charge in [-0.1, -0.05) is 38.1 Å². The molecule has 1 spiro atoms.